The summed E-state index contributed by atoms with van der Waals surface area (Å²) in [5.74, 6) is -6.32. The number of hydrogen-bond donors (Lipinski definition) is 2. The summed E-state index contributed by atoms with van der Waals surface area (Å²) >= 11 is 0. The maximum absolute atomic E-state index is 13.5. The largest absolute Gasteiger partial charge is 0.351 e. The van der Waals surface area contributed by atoms with Gasteiger partial charge in [0.05, 0.1) is 11.3 Å². The summed E-state index contributed by atoms with van der Waals surface area (Å²) < 4.78 is 65.3. The number of para-hydroxylation sites is 1. The molecule has 0 aliphatic rings. The zero-order valence-electron chi connectivity index (χ0n) is 12.2. The molecule has 2 rings (SSSR count). The quantitative estimate of drug-likeness (QED) is 0.778. The molecule has 0 spiro atoms. The third-order valence-corrected chi connectivity index (χ3v) is 4.27. The zero-order chi connectivity index (χ0) is 17.7. The van der Waals surface area contributed by atoms with Gasteiger partial charge in [-0.05, 0) is 24.3 Å². The molecule has 128 valence electrons. The van der Waals surface area contributed by atoms with Crippen molar-refractivity contribution in [3.63, 3.8) is 0 Å². The van der Waals surface area contributed by atoms with Crippen LogP contribution in [0.25, 0.3) is 0 Å². The van der Waals surface area contributed by atoms with E-state index in [1.165, 1.54) is 0 Å². The van der Waals surface area contributed by atoms with E-state index in [0.717, 1.165) is 6.07 Å². The minimum atomic E-state index is -3.73. The molecule has 1 amide bonds. The monoisotopic (exact) mass is 358 g/mol. The van der Waals surface area contributed by atoms with Crippen molar-refractivity contribution >= 4 is 21.6 Å². The van der Waals surface area contributed by atoms with Crippen molar-refractivity contribution < 1.29 is 26.4 Å². The number of anilines is 1. The highest BCUT2D eigenvalue weighted by Gasteiger charge is 2.19. The molecule has 0 atom stereocenters. The molecule has 0 aliphatic carbocycles. The van der Waals surface area contributed by atoms with Crippen LogP contribution in [0.15, 0.2) is 42.5 Å². The molecule has 0 heterocycles. The van der Waals surface area contributed by atoms with Gasteiger partial charge < -0.3 is 5.32 Å². The van der Waals surface area contributed by atoms with E-state index in [2.05, 4.69) is 10.0 Å². The van der Waals surface area contributed by atoms with E-state index in [1.54, 1.807) is 30.3 Å². The van der Waals surface area contributed by atoms with E-state index in [4.69, 9.17) is 0 Å². The zero-order valence-corrected chi connectivity index (χ0v) is 13.0. The average Bonchev–Trinajstić information content (AvgIpc) is 2.53. The van der Waals surface area contributed by atoms with Crippen molar-refractivity contribution in [2.75, 3.05) is 17.0 Å². The summed E-state index contributed by atoms with van der Waals surface area (Å²) in [7, 11) is -3.73. The topological polar surface area (TPSA) is 75.3 Å². The molecular weight excluding hydrogens is 345 g/mol. The third kappa shape index (κ3) is 4.48. The number of carbonyl (C=O) groups excluding carboxylic acids is 1. The van der Waals surface area contributed by atoms with Crippen molar-refractivity contribution in [1.29, 1.82) is 0 Å². The SMILES string of the molecule is O=C(NCCS(=O)(=O)Nc1ccccc1)c1ccc(F)c(F)c1F. The first-order valence-electron chi connectivity index (χ1n) is 6.77. The molecule has 2 aromatic carbocycles. The number of rotatable bonds is 6. The maximum Gasteiger partial charge on any atom is 0.254 e. The Morgan fingerprint density at radius 1 is 0.958 bits per heavy atom. The Morgan fingerprint density at radius 2 is 1.62 bits per heavy atom. The number of nitrogens with one attached hydrogen (secondary N) is 2. The van der Waals surface area contributed by atoms with Crippen LogP contribution >= 0.6 is 0 Å². The van der Waals surface area contributed by atoms with Crippen LogP contribution in [0.1, 0.15) is 10.4 Å². The molecular formula is C15H13F3N2O3S. The minimum Gasteiger partial charge on any atom is -0.351 e. The van der Waals surface area contributed by atoms with E-state index in [1.807, 2.05) is 0 Å². The lowest BCUT2D eigenvalue weighted by Gasteiger charge is -2.09. The number of sulfonamides is 1. The lowest BCUT2D eigenvalue weighted by atomic mass is 10.2. The average molecular weight is 358 g/mol. The Kier molecular flexibility index (Phi) is 5.45. The van der Waals surface area contributed by atoms with Crippen molar-refractivity contribution in [3.8, 4) is 0 Å². The third-order valence-electron chi connectivity index (χ3n) is 2.98. The van der Waals surface area contributed by atoms with Crippen LogP contribution in [0.4, 0.5) is 18.9 Å². The smallest absolute Gasteiger partial charge is 0.254 e. The first kappa shape index (κ1) is 17.8. The van der Waals surface area contributed by atoms with Gasteiger partial charge >= 0.3 is 0 Å². The lowest BCUT2D eigenvalue weighted by Crippen LogP contribution is -2.31. The van der Waals surface area contributed by atoms with E-state index >= 15 is 0 Å². The molecule has 0 radical (unpaired) electrons. The summed E-state index contributed by atoms with van der Waals surface area (Å²) in [5, 5.41) is 2.14. The fourth-order valence-electron chi connectivity index (χ4n) is 1.83. The van der Waals surface area contributed by atoms with Gasteiger partial charge in [-0.15, -0.1) is 0 Å². The highest BCUT2D eigenvalue weighted by molar-refractivity contribution is 7.92. The molecule has 2 N–H and O–H groups in total. The number of amides is 1. The van der Waals surface area contributed by atoms with Crippen LogP contribution in [0.2, 0.25) is 0 Å². The van der Waals surface area contributed by atoms with Crippen LogP contribution in [0.3, 0.4) is 0 Å². The molecule has 0 aliphatic heterocycles. The van der Waals surface area contributed by atoms with Gasteiger partial charge in [-0.1, -0.05) is 18.2 Å². The highest BCUT2D eigenvalue weighted by Crippen LogP contribution is 2.15. The molecule has 0 aromatic heterocycles. The Morgan fingerprint density at radius 3 is 2.29 bits per heavy atom. The van der Waals surface area contributed by atoms with Crippen molar-refractivity contribution in [2.24, 2.45) is 0 Å². The summed E-state index contributed by atoms with van der Waals surface area (Å²) in [6, 6.07) is 9.49. The molecule has 0 saturated carbocycles. The van der Waals surface area contributed by atoms with E-state index in [-0.39, 0.29) is 6.54 Å². The minimum absolute atomic E-state index is 0.334. The Labute approximate surface area is 136 Å². The van der Waals surface area contributed by atoms with Crippen molar-refractivity contribution in [1.82, 2.24) is 5.32 Å². The Balaban J connectivity index is 1.94. The predicted molar refractivity (Wildman–Crippen MR) is 82.5 cm³/mol. The maximum atomic E-state index is 13.5. The molecule has 2 aromatic rings. The van der Waals surface area contributed by atoms with Gasteiger partial charge in [0.1, 0.15) is 0 Å². The van der Waals surface area contributed by atoms with Crippen LogP contribution < -0.4 is 10.0 Å². The number of benzene rings is 2. The summed E-state index contributed by atoms with van der Waals surface area (Å²) in [6.45, 7) is -0.334. The fraction of sp³-hybridized carbons (Fsp3) is 0.133. The number of halogens is 3. The van der Waals surface area contributed by atoms with Crippen LogP contribution in [-0.2, 0) is 10.0 Å². The van der Waals surface area contributed by atoms with E-state index < -0.39 is 44.7 Å². The molecule has 24 heavy (non-hydrogen) atoms. The summed E-state index contributed by atoms with van der Waals surface area (Å²) in [5.41, 5.74) is -0.349. The first-order valence-corrected chi connectivity index (χ1v) is 8.42. The molecule has 9 heteroatoms. The molecule has 0 saturated heterocycles. The number of carbonyl (C=O) groups is 1. The van der Waals surface area contributed by atoms with Gasteiger partial charge in [0.15, 0.2) is 17.5 Å². The van der Waals surface area contributed by atoms with Gasteiger partial charge in [-0.2, -0.15) is 0 Å². The van der Waals surface area contributed by atoms with Crippen LogP contribution in [-0.4, -0.2) is 26.6 Å². The normalized spacial score (nSPS) is 11.1. The summed E-state index contributed by atoms with van der Waals surface area (Å²) in [4.78, 5) is 11.7. The second kappa shape index (κ2) is 7.35. The first-order chi connectivity index (χ1) is 11.3. The van der Waals surface area contributed by atoms with E-state index in [9.17, 15) is 26.4 Å². The molecule has 0 fully saturated rings. The van der Waals surface area contributed by atoms with Gasteiger partial charge in [-0.3, -0.25) is 9.52 Å². The lowest BCUT2D eigenvalue weighted by molar-refractivity contribution is 0.0951. The Hall–Kier alpha value is -2.55. The van der Waals surface area contributed by atoms with E-state index in [0.29, 0.717) is 11.8 Å². The molecule has 0 unspecified atom stereocenters. The van der Waals surface area contributed by atoms with Gasteiger partial charge in [0, 0.05) is 12.2 Å². The van der Waals surface area contributed by atoms with Crippen LogP contribution in [0, 0.1) is 17.5 Å². The fourth-order valence-corrected chi connectivity index (χ4v) is 2.80. The van der Waals surface area contributed by atoms with Crippen LogP contribution in [0.5, 0.6) is 0 Å². The second-order valence-electron chi connectivity index (χ2n) is 4.77. The van der Waals surface area contributed by atoms with Gasteiger partial charge in [-0.25, -0.2) is 21.6 Å². The molecule has 0 bridgehead atoms. The summed E-state index contributed by atoms with van der Waals surface area (Å²) in [6.07, 6.45) is 0. The predicted octanol–water partition coefficient (Wildman–Crippen LogP) is 2.28. The van der Waals surface area contributed by atoms with Gasteiger partial charge in [0.25, 0.3) is 5.91 Å². The number of hydrogen-bond acceptors (Lipinski definition) is 3. The van der Waals surface area contributed by atoms with Crippen molar-refractivity contribution in [2.45, 2.75) is 0 Å². The Bertz CT molecular complexity index is 843. The standard InChI is InChI=1S/C15H13F3N2O3S/c16-12-7-6-11(13(17)14(12)18)15(21)19-8-9-24(22,23)20-10-4-2-1-3-5-10/h1-7,20H,8-9H2,(H,19,21). The second-order valence-corrected chi connectivity index (χ2v) is 6.61. The van der Waals surface area contributed by atoms with Gasteiger partial charge in [0.2, 0.25) is 10.0 Å². The highest BCUT2D eigenvalue weighted by atomic mass is 32.2. The van der Waals surface area contributed by atoms with Crippen molar-refractivity contribution in [3.05, 3.63) is 65.5 Å². The molecule has 5 nitrogen and oxygen atoms in total.